The molecule has 3 aromatic rings. The number of rotatable bonds is 8. The van der Waals surface area contributed by atoms with Crippen molar-refractivity contribution < 1.29 is 23.8 Å². The van der Waals surface area contributed by atoms with E-state index in [2.05, 4.69) is 15.3 Å². The number of carbonyl (C=O) groups is 1. The van der Waals surface area contributed by atoms with Gasteiger partial charge in [-0.25, -0.2) is 14.4 Å². The van der Waals surface area contributed by atoms with Gasteiger partial charge in [0, 0.05) is 24.4 Å². The Hall–Kier alpha value is -3.21. The molecule has 4 rings (SSSR count). The van der Waals surface area contributed by atoms with E-state index in [4.69, 9.17) is 21.1 Å². The van der Waals surface area contributed by atoms with Gasteiger partial charge >= 0.3 is 0 Å². The number of nitrogens with zero attached hydrogens (tertiary/aromatic N) is 4. The monoisotopic (exact) mass is 503 g/mol. The maximum atomic E-state index is 13.6. The molecule has 186 valence electrons. The molecule has 1 aliphatic rings. The zero-order chi connectivity index (χ0) is 25.1. The van der Waals surface area contributed by atoms with E-state index in [9.17, 15) is 14.3 Å². The van der Waals surface area contributed by atoms with E-state index < -0.39 is 11.9 Å². The molecule has 2 heterocycles. The van der Waals surface area contributed by atoms with E-state index >= 15 is 0 Å². The largest absolute Gasteiger partial charge is 0.497 e. The van der Waals surface area contributed by atoms with Crippen molar-refractivity contribution in [1.29, 1.82) is 0 Å². The molecule has 2 N–H and O–H groups in total. The first kappa shape index (κ1) is 24.9. The smallest absolute Gasteiger partial charge is 0.237 e. The molecule has 0 aliphatic carbocycles. The van der Waals surface area contributed by atoms with E-state index in [1.165, 1.54) is 18.5 Å². The van der Waals surface area contributed by atoms with Crippen molar-refractivity contribution in [2.75, 3.05) is 46.2 Å². The van der Waals surface area contributed by atoms with Crippen LogP contribution < -0.4 is 14.8 Å². The lowest BCUT2D eigenvalue weighted by atomic mass is 10.1. The summed E-state index contributed by atoms with van der Waals surface area (Å²) in [4.78, 5) is 24.8. The average Bonchev–Trinajstić information content (AvgIpc) is 3.20. The molecule has 35 heavy (non-hydrogen) atoms. The standard InChI is InChI=1S/C24H27ClFN5O4/c1-30(2)11-22(33)31-10-16(32)7-15(31)12-35-21-9-17(34-3)8-20-23(21)24(28-13-27-20)29-14-4-5-19(26)18(25)6-14/h4-6,8-9,13,15-16,32H,7,10-12H2,1-3H3,(H,27,28,29)/t15-,16-/m1/s1. The highest BCUT2D eigenvalue weighted by atomic mass is 35.5. The fourth-order valence-electron chi connectivity index (χ4n) is 4.07. The van der Waals surface area contributed by atoms with Gasteiger partial charge in [0.15, 0.2) is 0 Å². The van der Waals surface area contributed by atoms with Gasteiger partial charge in [-0.2, -0.15) is 0 Å². The van der Waals surface area contributed by atoms with Crippen LogP contribution in [0.4, 0.5) is 15.9 Å². The number of nitrogens with one attached hydrogen (secondary N) is 1. The van der Waals surface area contributed by atoms with Gasteiger partial charge in [0.05, 0.1) is 41.7 Å². The Morgan fingerprint density at radius 2 is 2.11 bits per heavy atom. The Morgan fingerprint density at radius 1 is 1.31 bits per heavy atom. The number of fused-ring (bicyclic) bond motifs is 1. The van der Waals surface area contributed by atoms with Crippen LogP contribution in [0.1, 0.15) is 6.42 Å². The van der Waals surface area contributed by atoms with Gasteiger partial charge in [-0.15, -0.1) is 0 Å². The predicted molar refractivity (Wildman–Crippen MR) is 131 cm³/mol. The number of benzene rings is 2. The summed E-state index contributed by atoms with van der Waals surface area (Å²) in [5, 5.41) is 13.9. The zero-order valence-corrected chi connectivity index (χ0v) is 20.4. The average molecular weight is 504 g/mol. The number of halogens is 2. The Balaban J connectivity index is 1.64. The number of hydrogen-bond donors (Lipinski definition) is 2. The number of anilines is 2. The normalized spacial score (nSPS) is 17.7. The molecule has 1 aromatic heterocycles. The van der Waals surface area contributed by atoms with Crippen molar-refractivity contribution >= 4 is 39.9 Å². The maximum Gasteiger partial charge on any atom is 0.237 e. The van der Waals surface area contributed by atoms with Crippen LogP contribution >= 0.6 is 11.6 Å². The number of carbonyl (C=O) groups excluding carboxylic acids is 1. The summed E-state index contributed by atoms with van der Waals surface area (Å²) in [5.41, 5.74) is 1.11. The first-order valence-corrected chi connectivity index (χ1v) is 11.4. The zero-order valence-electron chi connectivity index (χ0n) is 19.7. The number of aliphatic hydroxyl groups excluding tert-OH is 1. The van der Waals surface area contributed by atoms with Crippen LogP contribution in [-0.2, 0) is 4.79 Å². The lowest BCUT2D eigenvalue weighted by molar-refractivity contribution is -0.133. The van der Waals surface area contributed by atoms with Gasteiger partial charge in [0.1, 0.15) is 36.1 Å². The second-order valence-electron chi connectivity index (χ2n) is 8.63. The molecule has 2 aromatic carbocycles. The third kappa shape index (κ3) is 5.72. The SMILES string of the molecule is COc1cc(OC[C@H]2C[C@@H](O)CN2C(=O)CN(C)C)c2c(Nc3ccc(F)c(Cl)c3)ncnc2c1. The van der Waals surface area contributed by atoms with Gasteiger partial charge in [-0.1, -0.05) is 11.6 Å². The van der Waals surface area contributed by atoms with Crippen LogP contribution in [0, 0.1) is 5.82 Å². The highest BCUT2D eigenvalue weighted by Crippen LogP contribution is 2.36. The van der Waals surface area contributed by atoms with Crippen LogP contribution in [-0.4, -0.2) is 83.8 Å². The molecule has 0 saturated carbocycles. The number of hydrogen-bond acceptors (Lipinski definition) is 8. The number of amides is 1. The van der Waals surface area contributed by atoms with Crippen LogP contribution in [0.3, 0.4) is 0 Å². The van der Waals surface area contributed by atoms with Crippen molar-refractivity contribution in [3.63, 3.8) is 0 Å². The van der Waals surface area contributed by atoms with Crippen molar-refractivity contribution in [2.24, 2.45) is 0 Å². The van der Waals surface area contributed by atoms with Gasteiger partial charge in [0.25, 0.3) is 0 Å². The van der Waals surface area contributed by atoms with Crippen LogP contribution in [0.5, 0.6) is 11.5 Å². The van der Waals surface area contributed by atoms with E-state index in [-0.39, 0.29) is 36.7 Å². The lowest BCUT2D eigenvalue weighted by Crippen LogP contribution is -2.43. The lowest BCUT2D eigenvalue weighted by Gasteiger charge is -2.26. The van der Waals surface area contributed by atoms with E-state index in [0.29, 0.717) is 40.3 Å². The Kier molecular flexibility index (Phi) is 7.54. The molecule has 0 unspecified atom stereocenters. The molecule has 1 aliphatic heterocycles. The summed E-state index contributed by atoms with van der Waals surface area (Å²) in [6, 6.07) is 7.44. The molecule has 2 atom stereocenters. The van der Waals surface area contributed by atoms with Crippen molar-refractivity contribution in [2.45, 2.75) is 18.6 Å². The van der Waals surface area contributed by atoms with Crippen LogP contribution in [0.2, 0.25) is 5.02 Å². The first-order chi connectivity index (χ1) is 16.7. The Morgan fingerprint density at radius 3 is 2.83 bits per heavy atom. The molecular weight excluding hydrogens is 477 g/mol. The van der Waals surface area contributed by atoms with E-state index in [0.717, 1.165) is 0 Å². The fraction of sp³-hybridized carbons (Fsp3) is 0.375. The van der Waals surface area contributed by atoms with Gasteiger partial charge in [0.2, 0.25) is 5.91 Å². The summed E-state index contributed by atoms with van der Waals surface area (Å²) in [7, 11) is 5.18. The Bertz CT molecular complexity index is 1230. The van der Waals surface area contributed by atoms with Crippen molar-refractivity contribution in [3.8, 4) is 11.5 Å². The number of β-amino-alcohol motifs (C(OH)–C–C–N with tert-alkyl or cyclic N) is 1. The molecule has 11 heteroatoms. The third-order valence-corrected chi connectivity index (χ3v) is 5.98. The highest BCUT2D eigenvalue weighted by Gasteiger charge is 2.35. The van der Waals surface area contributed by atoms with Gasteiger partial charge in [-0.3, -0.25) is 4.79 Å². The third-order valence-electron chi connectivity index (χ3n) is 5.69. The molecule has 1 fully saturated rings. The number of aromatic nitrogens is 2. The quantitative estimate of drug-likeness (QED) is 0.484. The van der Waals surface area contributed by atoms with Crippen molar-refractivity contribution in [3.05, 3.63) is 47.5 Å². The number of ether oxygens (including phenoxy) is 2. The minimum absolute atomic E-state index is 0.0196. The minimum atomic E-state index is -0.611. The molecule has 0 radical (unpaired) electrons. The maximum absolute atomic E-state index is 13.6. The van der Waals surface area contributed by atoms with E-state index in [1.54, 1.807) is 35.1 Å². The van der Waals surface area contributed by atoms with Gasteiger partial charge in [-0.05, 0) is 38.7 Å². The van der Waals surface area contributed by atoms with E-state index in [1.807, 2.05) is 14.1 Å². The topological polar surface area (TPSA) is 100 Å². The molecule has 0 spiro atoms. The van der Waals surface area contributed by atoms with Gasteiger partial charge < -0.3 is 29.7 Å². The molecule has 1 amide bonds. The Labute approximate surface area is 207 Å². The first-order valence-electron chi connectivity index (χ1n) is 11.0. The molecule has 1 saturated heterocycles. The van der Waals surface area contributed by atoms with Crippen LogP contribution in [0.15, 0.2) is 36.7 Å². The van der Waals surface area contributed by atoms with Crippen molar-refractivity contribution in [1.82, 2.24) is 19.8 Å². The summed E-state index contributed by atoms with van der Waals surface area (Å²) >= 11 is 5.93. The number of methoxy groups -OCH3 is 1. The summed E-state index contributed by atoms with van der Waals surface area (Å²) in [5.74, 6) is 0.813. The minimum Gasteiger partial charge on any atom is -0.497 e. The second-order valence-corrected chi connectivity index (χ2v) is 9.04. The highest BCUT2D eigenvalue weighted by molar-refractivity contribution is 6.31. The summed E-state index contributed by atoms with van der Waals surface area (Å²) < 4.78 is 25.2. The summed E-state index contributed by atoms with van der Waals surface area (Å²) in [6.07, 6.45) is 1.20. The molecule has 9 nitrogen and oxygen atoms in total. The number of likely N-dealkylation sites (tertiary alicyclic amines) is 1. The second kappa shape index (κ2) is 10.6. The number of likely N-dealkylation sites (N-methyl/N-ethyl adjacent to an activating group) is 1. The molecule has 0 bridgehead atoms. The number of aliphatic hydroxyl groups is 1. The predicted octanol–water partition coefficient (Wildman–Crippen LogP) is 3.08. The molecular formula is C24H27ClFN5O4. The summed E-state index contributed by atoms with van der Waals surface area (Å²) in [6.45, 7) is 0.670. The van der Waals surface area contributed by atoms with Crippen LogP contribution in [0.25, 0.3) is 10.9 Å². The fourth-order valence-corrected chi connectivity index (χ4v) is 4.25.